The van der Waals surface area contributed by atoms with Crippen molar-refractivity contribution in [1.29, 1.82) is 0 Å². The van der Waals surface area contributed by atoms with E-state index in [2.05, 4.69) is 17.2 Å². The predicted molar refractivity (Wildman–Crippen MR) is 39.7 cm³/mol. The summed E-state index contributed by atoms with van der Waals surface area (Å²) in [5.41, 5.74) is 2.31. The van der Waals surface area contributed by atoms with Crippen molar-refractivity contribution < 1.29 is 0 Å². The van der Waals surface area contributed by atoms with E-state index in [-0.39, 0.29) is 0 Å². The fourth-order valence-electron chi connectivity index (χ4n) is 1.06. The first-order chi connectivity index (χ1) is 4.75. The second-order valence-electron chi connectivity index (χ2n) is 2.50. The Morgan fingerprint density at radius 2 is 2.20 bits per heavy atom. The summed E-state index contributed by atoms with van der Waals surface area (Å²) in [6.07, 6.45) is 2.23. The van der Waals surface area contributed by atoms with E-state index in [1.165, 1.54) is 5.69 Å². The first kappa shape index (κ1) is 7.25. The van der Waals surface area contributed by atoms with Gasteiger partial charge in [-0.15, -0.1) is 5.10 Å². The van der Waals surface area contributed by atoms with Crippen molar-refractivity contribution >= 4 is 0 Å². The van der Waals surface area contributed by atoms with Gasteiger partial charge in [-0.3, -0.25) is 4.68 Å². The molecule has 1 rings (SSSR count). The van der Waals surface area contributed by atoms with Gasteiger partial charge in [-0.05, 0) is 13.3 Å². The van der Waals surface area contributed by atoms with Gasteiger partial charge in [0, 0.05) is 7.05 Å². The topological polar surface area (TPSA) is 30.7 Å². The molecule has 1 heterocycles. The summed E-state index contributed by atoms with van der Waals surface area (Å²) in [6.45, 7) is 4.16. The van der Waals surface area contributed by atoms with Crippen molar-refractivity contribution in [3.63, 3.8) is 0 Å². The minimum Gasteiger partial charge on any atom is -0.252 e. The smallest absolute Gasteiger partial charge is 0.0828 e. The Kier molecular flexibility index (Phi) is 2.04. The third-order valence-electron chi connectivity index (χ3n) is 1.62. The summed E-state index contributed by atoms with van der Waals surface area (Å²) in [7, 11) is 1.94. The van der Waals surface area contributed by atoms with Crippen LogP contribution in [0.15, 0.2) is 0 Å². The Morgan fingerprint density at radius 1 is 1.50 bits per heavy atom. The van der Waals surface area contributed by atoms with Gasteiger partial charge in [0.2, 0.25) is 0 Å². The number of aryl methyl sites for hydroxylation is 2. The molecule has 0 amide bonds. The lowest BCUT2D eigenvalue weighted by molar-refractivity contribution is 0.669. The normalized spacial score (nSPS) is 10.3. The van der Waals surface area contributed by atoms with Crippen LogP contribution in [0.25, 0.3) is 0 Å². The molecule has 0 atom stereocenters. The molecule has 0 bridgehead atoms. The molecule has 10 heavy (non-hydrogen) atoms. The Hall–Kier alpha value is -0.860. The van der Waals surface area contributed by atoms with Gasteiger partial charge < -0.3 is 0 Å². The van der Waals surface area contributed by atoms with Crippen LogP contribution in [-0.2, 0) is 13.5 Å². The van der Waals surface area contributed by atoms with Crippen LogP contribution in [0.4, 0.5) is 0 Å². The van der Waals surface area contributed by atoms with Crippen molar-refractivity contribution in [3.05, 3.63) is 11.4 Å². The highest BCUT2D eigenvalue weighted by Gasteiger charge is 2.02. The monoisotopic (exact) mass is 139 g/mol. The zero-order chi connectivity index (χ0) is 7.56. The molecule has 3 nitrogen and oxygen atoms in total. The van der Waals surface area contributed by atoms with Crippen molar-refractivity contribution in [3.8, 4) is 0 Å². The largest absolute Gasteiger partial charge is 0.252 e. The minimum absolute atomic E-state index is 1.06. The van der Waals surface area contributed by atoms with Crippen molar-refractivity contribution in [2.24, 2.45) is 7.05 Å². The number of nitrogens with zero attached hydrogens (tertiary/aromatic N) is 3. The molecule has 1 aromatic rings. The van der Waals surface area contributed by atoms with Crippen LogP contribution in [0.3, 0.4) is 0 Å². The summed E-state index contributed by atoms with van der Waals surface area (Å²) in [4.78, 5) is 0. The van der Waals surface area contributed by atoms with Gasteiger partial charge in [0.25, 0.3) is 0 Å². The molecule has 3 heteroatoms. The number of aromatic nitrogens is 3. The average Bonchev–Trinajstić information content (AvgIpc) is 2.20. The molecule has 0 aliphatic heterocycles. The first-order valence-corrected chi connectivity index (χ1v) is 3.61. The van der Waals surface area contributed by atoms with E-state index < -0.39 is 0 Å². The Labute approximate surface area is 61.1 Å². The van der Waals surface area contributed by atoms with Gasteiger partial charge in [0.05, 0.1) is 11.4 Å². The second-order valence-corrected chi connectivity index (χ2v) is 2.50. The highest BCUT2D eigenvalue weighted by Crippen LogP contribution is 2.04. The van der Waals surface area contributed by atoms with Gasteiger partial charge in [-0.2, -0.15) is 0 Å². The minimum atomic E-state index is 1.06. The van der Waals surface area contributed by atoms with E-state index in [0.717, 1.165) is 18.5 Å². The molecule has 56 valence electrons. The summed E-state index contributed by atoms with van der Waals surface area (Å²) in [5.74, 6) is 0. The highest BCUT2D eigenvalue weighted by atomic mass is 15.4. The van der Waals surface area contributed by atoms with Crippen LogP contribution in [-0.4, -0.2) is 15.0 Å². The highest BCUT2D eigenvalue weighted by molar-refractivity contribution is 5.07. The summed E-state index contributed by atoms with van der Waals surface area (Å²) < 4.78 is 1.85. The molecule has 0 aliphatic carbocycles. The summed E-state index contributed by atoms with van der Waals surface area (Å²) >= 11 is 0. The van der Waals surface area contributed by atoms with Crippen LogP contribution < -0.4 is 0 Å². The van der Waals surface area contributed by atoms with Gasteiger partial charge in [-0.1, -0.05) is 18.6 Å². The second kappa shape index (κ2) is 2.82. The molecule has 0 N–H and O–H groups in total. The van der Waals surface area contributed by atoms with E-state index in [1.807, 2.05) is 18.7 Å². The maximum atomic E-state index is 3.95. The van der Waals surface area contributed by atoms with E-state index in [4.69, 9.17) is 0 Å². The third-order valence-corrected chi connectivity index (χ3v) is 1.62. The van der Waals surface area contributed by atoms with Crippen molar-refractivity contribution in [2.45, 2.75) is 26.7 Å². The molecule has 0 aromatic carbocycles. The van der Waals surface area contributed by atoms with Gasteiger partial charge >= 0.3 is 0 Å². The standard InChI is InChI=1S/C7H13N3/c1-4-5-7-6(2)8-9-10(7)3/h4-5H2,1-3H3. The lowest BCUT2D eigenvalue weighted by Gasteiger charge is -1.96. The number of rotatable bonds is 2. The SMILES string of the molecule is CCCc1c(C)nnn1C. The van der Waals surface area contributed by atoms with Crippen LogP contribution >= 0.6 is 0 Å². The molecule has 0 spiro atoms. The van der Waals surface area contributed by atoms with Gasteiger partial charge in [0.15, 0.2) is 0 Å². The van der Waals surface area contributed by atoms with Crippen molar-refractivity contribution in [2.75, 3.05) is 0 Å². The zero-order valence-corrected chi connectivity index (χ0v) is 6.76. The fourth-order valence-corrected chi connectivity index (χ4v) is 1.06. The van der Waals surface area contributed by atoms with Gasteiger partial charge in [0.1, 0.15) is 0 Å². The molecular formula is C7H13N3. The predicted octanol–water partition coefficient (Wildman–Crippen LogP) is 1.08. The van der Waals surface area contributed by atoms with E-state index in [0.29, 0.717) is 0 Å². The average molecular weight is 139 g/mol. The first-order valence-electron chi connectivity index (χ1n) is 3.61. The lowest BCUT2D eigenvalue weighted by Crippen LogP contribution is -1.98. The number of hydrogen-bond donors (Lipinski definition) is 0. The molecule has 0 saturated carbocycles. The Morgan fingerprint density at radius 3 is 2.60 bits per heavy atom. The molecule has 0 saturated heterocycles. The van der Waals surface area contributed by atoms with E-state index in [1.54, 1.807) is 0 Å². The third kappa shape index (κ3) is 1.17. The lowest BCUT2D eigenvalue weighted by atomic mass is 10.2. The van der Waals surface area contributed by atoms with Crippen LogP contribution in [0.1, 0.15) is 24.7 Å². The van der Waals surface area contributed by atoms with Crippen LogP contribution in [0.5, 0.6) is 0 Å². The van der Waals surface area contributed by atoms with Crippen LogP contribution in [0.2, 0.25) is 0 Å². The van der Waals surface area contributed by atoms with E-state index in [9.17, 15) is 0 Å². The van der Waals surface area contributed by atoms with Gasteiger partial charge in [-0.25, -0.2) is 0 Å². The van der Waals surface area contributed by atoms with Crippen LogP contribution in [0, 0.1) is 6.92 Å². The zero-order valence-electron chi connectivity index (χ0n) is 6.76. The fraction of sp³-hybridized carbons (Fsp3) is 0.714. The molecule has 1 aromatic heterocycles. The maximum Gasteiger partial charge on any atom is 0.0828 e. The molecule has 0 unspecified atom stereocenters. The molecular weight excluding hydrogens is 126 g/mol. The summed E-state index contributed by atoms with van der Waals surface area (Å²) in [6, 6.07) is 0. The Balaban J connectivity index is 2.87. The Bertz CT molecular complexity index is 195. The summed E-state index contributed by atoms with van der Waals surface area (Å²) in [5, 5.41) is 7.85. The molecule has 0 radical (unpaired) electrons. The van der Waals surface area contributed by atoms with Crippen molar-refractivity contribution in [1.82, 2.24) is 15.0 Å². The van der Waals surface area contributed by atoms with E-state index >= 15 is 0 Å². The molecule has 0 aliphatic rings. The maximum absolute atomic E-state index is 3.95. The number of hydrogen-bond acceptors (Lipinski definition) is 2. The molecule has 0 fully saturated rings. The quantitative estimate of drug-likeness (QED) is 0.613.